The summed E-state index contributed by atoms with van der Waals surface area (Å²) in [4.78, 5) is 13.7. The lowest BCUT2D eigenvalue weighted by molar-refractivity contribution is 0.0999. The molecule has 1 aliphatic carbocycles. The molecule has 0 unspecified atom stereocenters. The van der Waals surface area contributed by atoms with E-state index in [1.165, 1.54) is 25.0 Å². The van der Waals surface area contributed by atoms with E-state index in [0.717, 1.165) is 6.54 Å². The molecule has 1 amide bonds. The Hall–Kier alpha value is -1.44. The van der Waals surface area contributed by atoms with Crippen LogP contribution in [0.2, 0.25) is 0 Å². The number of carbonyl (C=O) groups is 1. The molecular weight excluding hydrogens is 302 g/mol. The van der Waals surface area contributed by atoms with Gasteiger partial charge in [-0.2, -0.15) is 0 Å². The second-order valence-electron chi connectivity index (χ2n) is 5.60. The first-order valence-corrected chi connectivity index (χ1v) is 8.97. The van der Waals surface area contributed by atoms with E-state index in [1.54, 1.807) is 13.0 Å². The molecule has 0 spiro atoms. The lowest BCUT2D eigenvalue weighted by Gasteiger charge is -2.19. The number of hydrogen-bond donors (Lipinski definition) is 2. The third-order valence-corrected chi connectivity index (χ3v) is 5.40. The highest BCUT2D eigenvalue weighted by atomic mass is 32.2. The number of rotatable bonds is 8. The van der Waals surface area contributed by atoms with Crippen LogP contribution in [0.3, 0.4) is 0 Å². The number of benzene rings is 1. The summed E-state index contributed by atoms with van der Waals surface area (Å²) in [6.07, 6.45) is 2.39. The molecule has 0 heterocycles. The van der Waals surface area contributed by atoms with Crippen molar-refractivity contribution in [2.75, 3.05) is 19.6 Å². The zero-order valence-corrected chi connectivity index (χ0v) is 13.8. The summed E-state index contributed by atoms with van der Waals surface area (Å²) in [7, 11) is -3.63. The van der Waals surface area contributed by atoms with Gasteiger partial charge in [-0.15, -0.1) is 0 Å². The van der Waals surface area contributed by atoms with Crippen molar-refractivity contribution in [1.82, 2.24) is 9.62 Å². The topological polar surface area (TPSA) is 92.5 Å². The van der Waals surface area contributed by atoms with Crippen LogP contribution >= 0.6 is 0 Å². The van der Waals surface area contributed by atoms with Gasteiger partial charge in [0.15, 0.2) is 0 Å². The van der Waals surface area contributed by atoms with Crippen LogP contribution in [0, 0.1) is 6.92 Å². The number of primary amides is 1. The predicted octanol–water partition coefficient (Wildman–Crippen LogP) is 0.857. The van der Waals surface area contributed by atoms with E-state index < -0.39 is 15.9 Å². The van der Waals surface area contributed by atoms with Crippen LogP contribution in [-0.2, 0) is 10.0 Å². The maximum Gasteiger partial charge on any atom is 0.249 e. The van der Waals surface area contributed by atoms with Gasteiger partial charge in [0.05, 0.1) is 4.90 Å². The van der Waals surface area contributed by atoms with E-state index in [1.807, 2.05) is 0 Å². The Morgan fingerprint density at radius 1 is 1.41 bits per heavy atom. The van der Waals surface area contributed by atoms with Crippen LogP contribution in [0.5, 0.6) is 0 Å². The number of nitrogens with two attached hydrogens (primary N) is 1. The summed E-state index contributed by atoms with van der Waals surface area (Å²) in [5, 5.41) is 0. The van der Waals surface area contributed by atoms with Crippen molar-refractivity contribution in [3.63, 3.8) is 0 Å². The van der Waals surface area contributed by atoms with Gasteiger partial charge in [-0.05, 0) is 44.0 Å². The first-order chi connectivity index (χ1) is 10.3. The van der Waals surface area contributed by atoms with Gasteiger partial charge in [-0.25, -0.2) is 13.1 Å². The number of sulfonamides is 1. The van der Waals surface area contributed by atoms with Crippen molar-refractivity contribution in [2.24, 2.45) is 5.73 Å². The molecule has 0 radical (unpaired) electrons. The van der Waals surface area contributed by atoms with Gasteiger partial charge in [-0.3, -0.25) is 9.69 Å². The molecule has 1 aromatic rings. The molecule has 0 saturated heterocycles. The summed E-state index contributed by atoms with van der Waals surface area (Å²) >= 11 is 0. The molecule has 1 fully saturated rings. The summed E-state index contributed by atoms with van der Waals surface area (Å²) in [5.41, 5.74) is 6.16. The van der Waals surface area contributed by atoms with Crippen molar-refractivity contribution in [2.45, 2.75) is 37.6 Å². The van der Waals surface area contributed by atoms with E-state index in [0.29, 0.717) is 24.7 Å². The van der Waals surface area contributed by atoms with Crippen molar-refractivity contribution in [3.8, 4) is 0 Å². The zero-order valence-electron chi connectivity index (χ0n) is 13.0. The molecule has 7 heteroatoms. The predicted molar refractivity (Wildman–Crippen MR) is 85.2 cm³/mol. The molecule has 1 aliphatic rings. The average molecular weight is 325 g/mol. The first kappa shape index (κ1) is 16.9. The van der Waals surface area contributed by atoms with Gasteiger partial charge < -0.3 is 5.73 Å². The fourth-order valence-electron chi connectivity index (χ4n) is 2.48. The minimum atomic E-state index is -3.63. The second kappa shape index (κ2) is 6.76. The van der Waals surface area contributed by atoms with Crippen LogP contribution < -0.4 is 10.5 Å². The van der Waals surface area contributed by atoms with Crippen molar-refractivity contribution >= 4 is 15.9 Å². The van der Waals surface area contributed by atoms with E-state index in [2.05, 4.69) is 16.5 Å². The van der Waals surface area contributed by atoms with Crippen molar-refractivity contribution in [3.05, 3.63) is 29.3 Å². The Morgan fingerprint density at radius 3 is 2.64 bits per heavy atom. The Kier molecular flexibility index (Phi) is 5.20. The molecular formula is C15H23N3O3S. The van der Waals surface area contributed by atoms with Crippen molar-refractivity contribution < 1.29 is 13.2 Å². The largest absolute Gasteiger partial charge is 0.366 e. The minimum Gasteiger partial charge on any atom is -0.366 e. The SMILES string of the molecule is CCN(CCNS(=O)(=O)c1ccc(C)c(C(N)=O)c1)C1CC1. The molecule has 2 rings (SSSR count). The molecule has 1 saturated carbocycles. The Bertz CT molecular complexity index is 654. The zero-order chi connectivity index (χ0) is 16.3. The highest BCUT2D eigenvalue weighted by molar-refractivity contribution is 7.89. The van der Waals surface area contributed by atoms with Crippen LogP contribution in [0.15, 0.2) is 23.1 Å². The molecule has 6 nitrogen and oxygen atoms in total. The molecule has 122 valence electrons. The van der Waals surface area contributed by atoms with E-state index >= 15 is 0 Å². The standard InChI is InChI=1S/C15H23N3O3S/c1-3-18(12-5-6-12)9-8-17-22(20,21)13-7-4-11(2)14(10-13)15(16)19/h4,7,10,12,17H,3,5-6,8-9H2,1-2H3,(H2,16,19). The minimum absolute atomic E-state index is 0.0707. The van der Waals surface area contributed by atoms with Gasteiger partial charge in [0.1, 0.15) is 0 Å². The number of nitrogens with zero attached hydrogens (tertiary/aromatic N) is 1. The van der Waals surface area contributed by atoms with Gasteiger partial charge >= 0.3 is 0 Å². The fourth-order valence-corrected chi connectivity index (χ4v) is 3.53. The summed E-state index contributed by atoms with van der Waals surface area (Å²) in [6.45, 7) is 5.76. The van der Waals surface area contributed by atoms with Crippen LogP contribution in [0.25, 0.3) is 0 Å². The maximum absolute atomic E-state index is 12.3. The smallest absolute Gasteiger partial charge is 0.249 e. The van der Waals surface area contributed by atoms with Gasteiger partial charge in [0.25, 0.3) is 0 Å². The second-order valence-corrected chi connectivity index (χ2v) is 7.37. The number of hydrogen-bond acceptors (Lipinski definition) is 4. The molecule has 0 aromatic heterocycles. The number of carbonyl (C=O) groups excluding carboxylic acids is 1. The number of nitrogens with one attached hydrogen (secondary N) is 1. The first-order valence-electron chi connectivity index (χ1n) is 7.49. The lowest BCUT2D eigenvalue weighted by Crippen LogP contribution is -2.36. The summed E-state index contributed by atoms with van der Waals surface area (Å²) in [6, 6.07) is 5.02. The third-order valence-electron chi connectivity index (χ3n) is 3.95. The molecule has 0 bridgehead atoms. The summed E-state index contributed by atoms with van der Waals surface area (Å²) in [5.74, 6) is -0.625. The summed E-state index contributed by atoms with van der Waals surface area (Å²) < 4.78 is 27.2. The molecule has 0 aliphatic heterocycles. The molecule has 22 heavy (non-hydrogen) atoms. The van der Waals surface area contributed by atoms with Gasteiger partial charge in [0.2, 0.25) is 15.9 Å². The van der Waals surface area contributed by atoms with Crippen molar-refractivity contribution in [1.29, 1.82) is 0 Å². The molecule has 0 atom stereocenters. The van der Waals surface area contributed by atoms with E-state index in [-0.39, 0.29) is 10.5 Å². The molecule has 1 aromatic carbocycles. The molecule has 3 N–H and O–H groups in total. The van der Waals surface area contributed by atoms with Gasteiger partial charge in [-0.1, -0.05) is 13.0 Å². The van der Waals surface area contributed by atoms with Crippen LogP contribution in [0.1, 0.15) is 35.7 Å². The third kappa shape index (κ3) is 4.06. The lowest BCUT2D eigenvalue weighted by atomic mass is 10.1. The average Bonchev–Trinajstić information content (AvgIpc) is 3.28. The number of aryl methyl sites for hydroxylation is 1. The highest BCUT2D eigenvalue weighted by Crippen LogP contribution is 2.25. The van der Waals surface area contributed by atoms with Crippen LogP contribution in [0.4, 0.5) is 0 Å². The van der Waals surface area contributed by atoms with E-state index in [4.69, 9.17) is 5.73 Å². The quantitative estimate of drug-likeness (QED) is 0.741. The van der Waals surface area contributed by atoms with Gasteiger partial charge in [0, 0.05) is 24.7 Å². The highest BCUT2D eigenvalue weighted by Gasteiger charge is 2.27. The van der Waals surface area contributed by atoms with Crippen LogP contribution in [-0.4, -0.2) is 44.9 Å². The monoisotopic (exact) mass is 325 g/mol. The number of amides is 1. The Morgan fingerprint density at radius 2 is 2.09 bits per heavy atom. The Labute approximate surface area is 131 Å². The maximum atomic E-state index is 12.3. The van der Waals surface area contributed by atoms with E-state index in [9.17, 15) is 13.2 Å². The number of likely N-dealkylation sites (N-methyl/N-ethyl adjacent to an activating group) is 1. The normalized spacial score (nSPS) is 15.2. The fraction of sp³-hybridized carbons (Fsp3) is 0.533. The Balaban J connectivity index is 2.03.